The highest BCUT2D eigenvalue weighted by Gasteiger charge is 2.33. The van der Waals surface area contributed by atoms with Crippen LogP contribution in [-0.2, 0) is 17.4 Å². The van der Waals surface area contributed by atoms with Gasteiger partial charge in [0.25, 0.3) is 0 Å². The van der Waals surface area contributed by atoms with E-state index >= 15 is 0 Å². The van der Waals surface area contributed by atoms with Crippen molar-refractivity contribution in [2.45, 2.75) is 37.9 Å². The highest BCUT2D eigenvalue weighted by atomic mass is 35.5. The molecule has 1 aliphatic rings. The van der Waals surface area contributed by atoms with Crippen LogP contribution < -0.4 is 10.2 Å². The quantitative estimate of drug-likeness (QED) is 0.750. The van der Waals surface area contributed by atoms with Gasteiger partial charge in [-0.25, -0.2) is 4.98 Å². The van der Waals surface area contributed by atoms with Gasteiger partial charge in [-0.15, -0.1) is 11.3 Å². The van der Waals surface area contributed by atoms with Crippen molar-refractivity contribution in [3.8, 4) is 0 Å². The first-order chi connectivity index (χ1) is 12.8. The highest BCUT2D eigenvalue weighted by molar-refractivity contribution is 7.13. The van der Waals surface area contributed by atoms with Gasteiger partial charge in [0.1, 0.15) is 0 Å². The number of amides is 1. The molecular formula is C18H19ClF3N3OS. The molecule has 146 valence electrons. The summed E-state index contributed by atoms with van der Waals surface area (Å²) in [6.45, 7) is 1.42. The predicted octanol–water partition coefficient (Wildman–Crippen LogP) is 4.53. The third-order valence-corrected chi connectivity index (χ3v) is 5.69. The molecule has 1 atom stereocenters. The van der Waals surface area contributed by atoms with E-state index in [0.29, 0.717) is 12.1 Å². The van der Waals surface area contributed by atoms with Crippen molar-refractivity contribution in [2.75, 3.05) is 18.0 Å². The lowest BCUT2D eigenvalue weighted by Crippen LogP contribution is -2.40. The maximum atomic E-state index is 12.9. The number of carbonyl (C=O) groups excluding carboxylic acids is 1. The molecule has 3 rings (SSSR count). The molecular weight excluding hydrogens is 399 g/mol. The van der Waals surface area contributed by atoms with Crippen molar-refractivity contribution in [3.63, 3.8) is 0 Å². The van der Waals surface area contributed by atoms with Crippen LogP contribution in [0.1, 0.15) is 30.4 Å². The number of aromatic nitrogens is 1. The number of anilines is 1. The molecule has 0 spiro atoms. The SMILES string of the molecule is O=C(CCc1ccc(Cl)c(C(F)(F)F)c1)NC[C@H]1CCCN1c1nccs1. The van der Waals surface area contributed by atoms with Gasteiger partial charge in [0.2, 0.25) is 5.91 Å². The zero-order valence-electron chi connectivity index (χ0n) is 14.4. The van der Waals surface area contributed by atoms with Crippen LogP contribution in [0.5, 0.6) is 0 Å². The van der Waals surface area contributed by atoms with E-state index in [2.05, 4.69) is 15.2 Å². The first-order valence-corrected chi connectivity index (χ1v) is 9.89. The van der Waals surface area contributed by atoms with E-state index in [4.69, 9.17) is 11.6 Å². The summed E-state index contributed by atoms with van der Waals surface area (Å²) in [5.41, 5.74) is -0.431. The molecule has 0 bridgehead atoms. The topological polar surface area (TPSA) is 45.2 Å². The Bertz CT molecular complexity index is 783. The minimum absolute atomic E-state index is 0.128. The van der Waals surface area contributed by atoms with Crippen LogP contribution in [0.2, 0.25) is 5.02 Å². The number of hydrogen-bond acceptors (Lipinski definition) is 4. The molecule has 4 nitrogen and oxygen atoms in total. The summed E-state index contributed by atoms with van der Waals surface area (Å²) in [6.07, 6.45) is -0.362. The second kappa shape index (κ2) is 8.48. The van der Waals surface area contributed by atoms with Crippen molar-refractivity contribution < 1.29 is 18.0 Å². The third-order valence-electron chi connectivity index (χ3n) is 4.55. The number of carbonyl (C=O) groups is 1. The number of nitrogens with zero attached hydrogens (tertiary/aromatic N) is 2. The van der Waals surface area contributed by atoms with Crippen molar-refractivity contribution in [2.24, 2.45) is 0 Å². The average Bonchev–Trinajstić information content (AvgIpc) is 3.29. The predicted molar refractivity (Wildman–Crippen MR) is 100 cm³/mol. The van der Waals surface area contributed by atoms with Crippen LogP contribution in [0, 0.1) is 0 Å². The number of alkyl halides is 3. The Balaban J connectivity index is 1.50. The van der Waals surface area contributed by atoms with Gasteiger partial charge in [0, 0.05) is 37.1 Å². The summed E-state index contributed by atoms with van der Waals surface area (Å²) in [6, 6.07) is 3.96. The Hall–Kier alpha value is -1.80. The Morgan fingerprint density at radius 2 is 2.22 bits per heavy atom. The number of halogens is 4. The molecule has 9 heteroatoms. The molecule has 2 aromatic rings. The number of rotatable bonds is 6. The van der Waals surface area contributed by atoms with Crippen LogP contribution in [0.4, 0.5) is 18.3 Å². The van der Waals surface area contributed by atoms with Gasteiger partial charge in [-0.3, -0.25) is 4.79 Å². The molecule has 1 aromatic heterocycles. The Morgan fingerprint density at radius 3 is 2.93 bits per heavy atom. The van der Waals surface area contributed by atoms with E-state index in [1.807, 2.05) is 5.38 Å². The van der Waals surface area contributed by atoms with Gasteiger partial charge >= 0.3 is 6.18 Å². The summed E-state index contributed by atoms with van der Waals surface area (Å²) >= 11 is 7.18. The minimum Gasteiger partial charge on any atom is -0.354 e. The van der Waals surface area contributed by atoms with Crippen molar-refractivity contribution in [3.05, 3.63) is 45.9 Å². The van der Waals surface area contributed by atoms with Gasteiger partial charge < -0.3 is 10.2 Å². The van der Waals surface area contributed by atoms with Crippen molar-refractivity contribution in [1.29, 1.82) is 0 Å². The molecule has 1 aliphatic heterocycles. The van der Waals surface area contributed by atoms with E-state index in [-0.39, 0.29) is 29.8 Å². The summed E-state index contributed by atoms with van der Waals surface area (Å²) in [5, 5.41) is 5.43. The van der Waals surface area contributed by atoms with E-state index in [1.165, 1.54) is 12.1 Å². The Morgan fingerprint density at radius 1 is 1.41 bits per heavy atom. The largest absolute Gasteiger partial charge is 0.417 e. The fourth-order valence-electron chi connectivity index (χ4n) is 3.18. The zero-order chi connectivity index (χ0) is 19.4. The van der Waals surface area contributed by atoms with E-state index in [0.717, 1.165) is 30.6 Å². The maximum Gasteiger partial charge on any atom is 0.417 e. The monoisotopic (exact) mass is 417 g/mol. The van der Waals surface area contributed by atoms with Gasteiger partial charge in [-0.05, 0) is 37.0 Å². The summed E-state index contributed by atoms with van der Waals surface area (Å²) in [5.74, 6) is -0.176. The lowest BCUT2D eigenvalue weighted by molar-refractivity contribution is -0.137. The fourth-order valence-corrected chi connectivity index (χ4v) is 4.15. The number of hydrogen-bond donors (Lipinski definition) is 1. The smallest absolute Gasteiger partial charge is 0.354 e. The first kappa shape index (κ1) is 19.9. The van der Waals surface area contributed by atoms with Crippen LogP contribution >= 0.6 is 22.9 Å². The van der Waals surface area contributed by atoms with Crippen LogP contribution in [0.25, 0.3) is 0 Å². The fraction of sp³-hybridized carbons (Fsp3) is 0.444. The first-order valence-electron chi connectivity index (χ1n) is 8.63. The minimum atomic E-state index is -4.50. The molecule has 27 heavy (non-hydrogen) atoms. The second-order valence-corrected chi connectivity index (χ2v) is 7.70. The lowest BCUT2D eigenvalue weighted by Gasteiger charge is -2.24. The number of aryl methyl sites for hydroxylation is 1. The molecule has 1 saturated heterocycles. The molecule has 0 saturated carbocycles. The number of benzene rings is 1. The van der Waals surface area contributed by atoms with Crippen molar-refractivity contribution >= 4 is 34.0 Å². The van der Waals surface area contributed by atoms with Crippen LogP contribution in [0.3, 0.4) is 0 Å². The second-order valence-electron chi connectivity index (χ2n) is 6.42. The van der Waals surface area contributed by atoms with Crippen molar-refractivity contribution in [1.82, 2.24) is 10.3 Å². The van der Waals surface area contributed by atoms with Crippen LogP contribution in [0.15, 0.2) is 29.8 Å². The number of thiazole rings is 1. The molecule has 1 aromatic carbocycles. The highest BCUT2D eigenvalue weighted by Crippen LogP contribution is 2.35. The molecule has 0 unspecified atom stereocenters. The standard InChI is InChI=1S/C18H19ClF3N3OS/c19-15-5-3-12(10-14(15)18(20,21)22)4-6-16(26)24-11-13-2-1-8-25(13)17-23-7-9-27-17/h3,5,7,9-10,13H,1-2,4,6,8,11H2,(H,24,26)/t13-/m1/s1. The lowest BCUT2D eigenvalue weighted by atomic mass is 10.1. The van der Waals surface area contributed by atoms with Gasteiger partial charge in [0.15, 0.2) is 5.13 Å². The zero-order valence-corrected chi connectivity index (χ0v) is 16.0. The molecule has 2 heterocycles. The summed E-state index contributed by atoms with van der Waals surface area (Å²) in [7, 11) is 0. The Kier molecular flexibility index (Phi) is 6.26. The summed E-state index contributed by atoms with van der Waals surface area (Å²) < 4.78 is 38.7. The van der Waals surface area contributed by atoms with E-state index in [9.17, 15) is 18.0 Å². The molecule has 0 radical (unpaired) electrons. The van der Waals surface area contributed by atoms with E-state index < -0.39 is 11.7 Å². The van der Waals surface area contributed by atoms with E-state index in [1.54, 1.807) is 17.5 Å². The molecule has 0 aliphatic carbocycles. The summed E-state index contributed by atoms with van der Waals surface area (Å²) in [4.78, 5) is 18.6. The molecule has 1 fully saturated rings. The number of nitrogens with one attached hydrogen (secondary N) is 1. The van der Waals surface area contributed by atoms with Gasteiger partial charge in [-0.2, -0.15) is 13.2 Å². The Labute approximate surface area is 164 Å². The molecule has 1 amide bonds. The third kappa shape index (κ3) is 5.13. The van der Waals surface area contributed by atoms with Gasteiger partial charge in [-0.1, -0.05) is 17.7 Å². The normalized spacial score (nSPS) is 17.3. The maximum absolute atomic E-state index is 12.9. The van der Waals surface area contributed by atoms with Crippen LogP contribution in [-0.4, -0.2) is 30.0 Å². The van der Waals surface area contributed by atoms with Gasteiger partial charge in [0.05, 0.1) is 10.6 Å². The average molecular weight is 418 g/mol. The molecule has 1 N–H and O–H groups in total.